The topological polar surface area (TPSA) is 86.7 Å². The summed E-state index contributed by atoms with van der Waals surface area (Å²) in [6.45, 7) is 14.5. The number of hydrogen-bond acceptors (Lipinski definition) is 6. The van der Waals surface area contributed by atoms with E-state index < -0.39 is 28.6 Å². The van der Waals surface area contributed by atoms with Gasteiger partial charge < -0.3 is 9.47 Å². The molecule has 0 bridgehead atoms. The summed E-state index contributed by atoms with van der Waals surface area (Å²) in [4.78, 5) is 50.0. The maximum absolute atomic E-state index is 12.9. The Balaban J connectivity index is 2.18. The second-order valence-corrected chi connectivity index (χ2v) is 11.1. The Bertz CT molecular complexity index is 893. The lowest BCUT2D eigenvalue weighted by Crippen LogP contribution is -2.31. The number of allylic oxidation sites excluding steroid dienone is 6. The van der Waals surface area contributed by atoms with Crippen molar-refractivity contribution in [2.45, 2.75) is 92.3 Å². The van der Waals surface area contributed by atoms with Crippen LogP contribution in [0.15, 0.2) is 46.6 Å². The number of hydrogen-bond donors (Lipinski definition) is 0. The molecule has 0 atom stereocenters. The number of ketones is 2. The standard InChI is InChI=1S/C27H36O6/c1-25(2,3)32-23(30)15-17-9-11-19(21(28)13-17)27(7,8)20-12-10-18(14-22(20)29)16-24(31)33-26(4,5)6/h11-12,15-16H,9-10,13-14H2,1-8H3. The maximum Gasteiger partial charge on any atom is 0.331 e. The Labute approximate surface area is 196 Å². The highest BCUT2D eigenvalue weighted by atomic mass is 16.6. The van der Waals surface area contributed by atoms with Crippen molar-refractivity contribution >= 4 is 23.5 Å². The SMILES string of the molecule is CC(C)(C)OC(=O)C=C1CC=C(C(C)(C)C2=CCC(=CC(=O)OC(C)(C)C)CC2=O)C(=O)C1. The number of carbonyl (C=O) groups excluding carboxylic acids is 4. The molecule has 2 aliphatic carbocycles. The molecule has 0 amide bonds. The minimum atomic E-state index is -0.761. The van der Waals surface area contributed by atoms with E-state index in [0.717, 1.165) is 0 Å². The minimum Gasteiger partial charge on any atom is -0.457 e. The van der Waals surface area contributed by atoms with Crippen molar-refractivity contribution in [2.24, 2.45) is 5.41 Å². The lowest BCUT2D eigenvalue weighted by Gasteiger charge is -2.33. The fourth-order valence-corrected chi connectivity index (χ4v) is 4.01. The fraction of sp³-hybridized carbons (Fsp3) is 0.556. The van der Waals surface area contributed by atoms with Gasteiger partial charge in [0, 0.05) is 41.6 Å². The van der Waals surface area contributed by atoms with E-state index in [1.807, 2.05) is 26.0 Å². The molecule has 33 heavy (non-hydrogen) atoms. The van der Waals surface area contributed by atoms with Crippen LogP contribution in [0.4, 0.5) is 0 Å². The second-order valence-electron chi connectivity index (χ2n) is 11.1. The van der Waals surface area contributed by atoms with Gasteiger partial charge in [0.25, 0.3) is 0 Å². The molecule has 0 radical (unpaired) electrons. The molecule has 6 heteroatoms. The third kappa shape index (κ3) is 7.65. The van der Waals surface area contributed by atoms with Crippen LogP contribution in [0.1, 0.15) is 81.1 Å². The van der Waals surface area contributed by atoms with E-state index in [0.29, 0.717) is 35.1 Å². The first-order valence-corrected chi connectivity index (χ1v) is 11.3. The molecule has 6 nitrogen and oxygen atoms in total. The van der Waals surface area contributed by atoms with Crippen LogP contribution in [0.3, 0.4) is 0 Å². The molecule has 0 unspecified atom stereocenters. The molecule has 0 saturated heterocycles. The zero-order valence-corrected chi connectivity index (χ0v) is 21.1. The summed E-state index contributed by atoms with van der Waals surface area (Å²) in [6.07, 6.45) is 7.55. The quantitative estimate of drug-likeness (QED) is 0.431. The zero-order valence-electron chi connectivity index (χ0n) is 21.1. The molecule has 0 N–H and O–H groups in total. The van der Waals surface area contributed by atoms with Gasteiger partial charge in [0.15, 0.2) is 11.6 Å². The Kier molecular flexibility index (Phi) is 7.72. The van der Waals surface area contributed by atoms with Crippen LogP contribution in [-0.4, -0.2) is 34.7 Å². The number of ether oxygens (including phenoxy) is 2. The Morgan fingerprint density at radius 1 is 0.697 bits per heavy atom. The minimum absolute atomic E-state index is 0.107. The highest BCUT2D eigenvalue weighted by molar-refractivity contribution is 6.06. The summed E-state index contributed by atoms with van der Waals surface area (Å²) in [5, 5.41) is 0. The Hall–Kier alpha value is -2.76. The molecule has 0 heterocycles. The van der Waals surface area contributed by atoms with E-state index in [1.165, 1.54) is 12.2 Å². The Morgan fingerprint density at radius 3 is 1.30 bits per heavy atom. The van der Waals surface area contributed by atoms with Crippen LogP contribution in [0.25, 0.3) is 0 Å². The van der Waals surface area contributed by atoms with E-state index >= 15 is 0 Å². The third-order valence-electron chi connectivity index (χ3n) is 5.32. The smallest absolute Gasteiger partial charge is 0.331 e. The summed E-state index contributed by atoms with van der Waals surface area (Å²) in [5.41, 5.74) is 0.579. The largest absolute Gasteiger partial charge is 0.457 e. The van der Waals surface area contributed by atoms with Crippen LogP contribution < -0.4 is 0 Å². The van der Waals surface area contributed by atoms with Crippen LogP contribution in [0.5, 0.6) is 0 Å². The van der Waals surface area contributed by atoms with E-state index in [9.17, 15) is 19.2 Å². The molecule has 180 valence electrons. The zero-order chi connectivity index (χ0) is 25.2. The average molecular weight is 457 g/mol. The number of carbonyl (C=O) groups is 4. The van der Waals surface area contributed by atoms with Crippen molar-refractivity contribution in [1.82, 2.24) is 0 Å². The average Bonchev–Trinajstić information content (AvgIpc) is 2.57. The van der Waals surface area contributed by atoms with Gasteiger partial charge in [-0.1, -0.05) is 37.1 Å². The Morgan fingerprint density at radius 2 is 1.03 bits per heavy atom. The van der Waals surface area contributed by atoms with Gasteiger partial charge in [-0.05, 0) is 54.4 Å². The molecule has 0 saturated carbocycles. The van der Waals surface area contributed by atoms with Gasteiger partial charge >= 0.3 is 11.9 Å². The monoisotopic (exact) mass is 456 g/mol. The number of Topliss-reactive ketones (excluding diaryl/α,β-unsaturated/α-hetero) is 2. The maximum atomic E-state index is 12.9. The van der Waals surface area contributed by atoms with E-state index in [2.05, 4.69) is 0 Å². The summed E-state index contributed by atoms with van der Waals surface area (Å²) in [7, 11) is 0. The van der Waals surface area contributed by atoms with Crippen LogP contribution in [-0.2, 0) is 28.7 Å². The first kappa shape index (κ1) is 26.5. The molecule has 0 aromatic carbocycles. The molecular formula is C27H36O6. The van der Waals surface area contributed by atoms with Crippen molar-refractivity contribution in [1.29, 1.82) is 0 Å². The van der Waals surface area contributed by atoms with Crippen LogP contribution >= 0.6 is 0 Å². The normalized spacial score (nSPS) is 20.5. The van der Waals surface area contributed by atoms with Crippen molar-refractivity contribution < 1.29 is 28.7 Å². The number of rotatable bonds is 4. The third-order valence-corrected chi connectivity index (χ3v) is 5.32. The van der Waals surface area contributed by atoms with Gasteiger partial charge in [-0.3, -0.25) is 9.59 Å². The molecule has 2 rings (SSSR count). The molecule has 0 aliphatic heterocycles. The number of esters is 2. The van der Waals surface area contributed by atoms with Gasteiger partial charge in [-0.15, -0.1) is 0 Å². The van der Waals surface area contributed by atoms with Gasteiger partial charge in [-0.2, -0.15) is 0 Å². The van der Waals surface area contributed by atoms with Crippen molar-refractivity contribution in [2.75, 3.05) is 0 Å². The van der Waals surface area contributed by atoms with E-state index in [-0.39, 0.29) is 24.4 Å². The van der Waals surface area contributed by atoms with Gasteiger partial charge in [0.05, 0.1) is 0 Å². The summed E-state index contributed by atoms with van der Waals surface area (Å²) < 4.78 is 10.6. The highest BCUT2D eigenvalue weighted by Gasteiger charge is 2.38. The molecule has 0 spiro atoms. The first-order chi connectivity index (χ1) is 15.0. The predicted molar refractivity (Wildman–Crippen MR) is 126 cm³/mol. The van der Waals surface area contributed by atoms with Crippen molar-refractivity contribution in [3.05, 3.63) is 46.6 Å². The molecule has 0 fully saturated rings. The molecule has 0 aromatic heterocycles. The lowest BCUT2D eigenvalue weighted by molar-refractivity contribution is -0.149. The van der Waals surface area contributed by atoms with Crippen LogP contribution in [0, 0.1) is 5.41 Å². The van der Waals surface area contributed by atoms with Crippen molar-refractivity contribution in [3.63, 3.8) is 0 Å². The molecule has 0 aromatic rings. The molecular weight excluding hydrogens is 420 g/mol. The highest BCUT2D eigenvalue weighted by Crippen LogP contribution is 2.42. The summed E-state index contributed by atoms with van der Waals surface area (Å²) in [5.74, 6) is -1.14. The molecule has 2 aliphatic rings. The summed E-state index contributed by atoms with van der Waals surface area (Å²) >= 11 is 0. The van der Waals surface area contributed by atoms with E-state index in [4.69, 9.17) is 9.47 Å². The van der Waals surface area contributed by atoms with Crippen LogP contribution in [0.2, 0.25) is 0 Å². The van der Waals surface area contributed by atoms with Gasteiger partial charge in [0.1, 0.15) is 11.2 Å². The lowest BCUT2D eigenvalue weighted by atomic mass is 9.68. The van der Waals surface area contributed by atoms with Gasteiger partial charge in [0.2, 0.25) is 0 Å². The van der Waals surface area contributed by atoms with Gasteiger partial charge in [-0.25, -0.2) is 9.59 Å². The summed E-state index contributed by atoms with van der Waals surface area (Å²) in [6, 6.07) is 0. The fourth-order valence-electron chi connectivity index (χ4n) is 4.01. The predicted octanol–water partition coefficient (Wildman–Crippen LogP) is 5.13. The second kappa shape index (κ2) is 9.62. The van der Waals surface area contributed by atoms with E-state index in [1.54, 1.807) is 41.5 Å². The van der Waals surface area contributed by atoms with Crippen molar-refractivity contribution in [3.8, 4) is 0 Å². The first-order valence-electron chi connectivity index (χ1n) is 11.3.